The van der Waals surface area contributed by atoms with Crippen molar-refractivity contribution in [3.05, 3.63) is 58.2 Å². The zero-order valence-corrected chi connectivity index (χ0v) is 13.9. The maximum Gasteiger partial charge on any atom is 0.271 e. The number of aromatic nitrogens is 4. The Labute approximate surface area is 141 Å². The number of benzene rings is 1. The van der Waals surface area contributed by atoms with Crippen LogP contribution < -0.4 is 10.9 Å². The number of anilines is 1. The molecule has 1 N–H and O–H groups in total. The minimum Gasteiger partial charge on any atom is -0.368 e. The van der Waals surface area contributed by atoms with Gasteiger partial charge in [-0.15, -0.1) is 11.3 Å². The van der Waals surface area contributed by atoms with Crippen LogP contribution >= 0.6 is 11.3 Å². The number of hydrogen-bond donors (Lipinski definition) is 1. The van der Waals surface area contributed by atoms with Crippen molar-refractivity contribution in [3.63, 3.8) is 0 Å². The summed E-state index contributed by atoms with van der Waals surface area (Å²) in [6, 6.07) is 7.85. The maximum atomic E-state index is 12.4. The van der Waals surface area contributed by atoms with Gasteiger partial charge in [0.1, 0.15) is 16.8 Å². The van der Waals surface area contributed by atoms with Gasteiger partial charge in [-0.2, -0.15) is 0 Å². The Morgan fingerprint density at radius 1 is 1.17 bits per heavy atom. The molecule has 0 aliphatic carbocycles. The summed E-state index contributed by atoms with van der Waals surface area (Å²) < 4.78 is 2.32. The van der Waals surface area contributed by atoms with E-state index in [2.05, 4.69) is 20.3 Å². The van der Waals surface area contributed by atoms with Crippen molar-refractivity contribution in [1.82, 2.24) is 19.5 Å². The molecule has 120 valence electrons. The number of nitrogens with zero attached hydrogens (tertiary/aromatic N) is 4. The molecule has 0 bridgehead atoms. The molecule has 0 saturated heterocycles. The van der Waals surface area contributed by atoms with Gasteiger partial charge in [-0.25, -0.2) is 15.0 Å². The van der Waals surface area contributed by atoms with Crippen molar-refractivity contribution >= 4 is 38.3 Å². The SMILES string of the molecule is Cc1cccc2ncnc(NCCn3cnc4ccsc4c3=O)c12. The van der Waals surface area contributed by atoms with Crippen LogP contribution in [0.15, 0.2) is 47.1 Å². The Kier molecular flexibility index (Phi) is 3.70. The van der Waals surface area contributed by atoms with Crippen LogP contribution in [0.5, 0.6) is 0 Å². The van der Waals surface area contributed by atoms with Gasteiger partial charge >= 0.3 is 0 Å². The lowest BCUT2D eigenvalue weighted by atomic mass is 10.1. The highest BCUT2D eigenvalue weighted by Crippen LogP contribution is 2.22. The van der Waals surface area contributed by atoms with E-state index in [4.69, 9.17) is 0 Å². The first-order chi connectivity index (χ1) is 11.7. The molecule has 6 nitrogen and oxygen atoms in total. The van der Waals surface area contributed by atoms with Gasteiger partial charge in [-0.3, -0.25) is 9.36 Å². The van der Waals surface area contributed by atoms with Crippen LogP contribution in [0.3, 0.4) is 0 Å². The zero-order valence-electron chi connectivity index (χ0n) is 13.1. The van der Waals surface area contributed by atoms with E-state index in [1.54, 1.807) is 17.2 Å². The molecule has 4 rings (SSSR count). The Bertz CT molecular complexity index is 1080. The quantitative estimate of drug-likeness (QED) is 0.620. The molecule has 0 atom stereocenters. The van der Waals surface area contributed by atoms with Gasteiger partial charge in [0.05, 0.1) is 17.4 Å². The normalized spacial score (nSPS) is 11.2. The summed E-state index contributed by atoms with van der Waals surface area (Å²) in [5.74, 6) is 0.788. The highest BCUT2D eigenvalue weighted by atomic mass is 32.1. The van der Waals surface area contributed by atoms with Gasteiger partial charge in [0.15, 0.2) is 0 Å². The molecule has 0 radical (unpaired) electrons. The number of rotatable bonds is 4. The van der Waals surface area contributed by atoms with Gasteiger partial charge < -0.3 is 5.32 Å². The van der Waals surface area contributed by atoms with Crippen LogP contribution in [-0.4, -0.2) is 26.1 Å². The fourth-order valence-electron chi connectivity index (χ4n) is 2.75. The average molecular weight is 337 g/mol. The van der Waals surface area contributed by atoms with E-state index in [1.807, 2.05) is 36.6 Å². The van der Waals surface area contributed by atoms with Gasteiger partial charge in [-0.1, -0.05) is 12.1 Å². The Hall–Kier alpha value is -2.80. The van der Waals surface area contributed by atoms with Crippen molar-refractivity contribution in [2.24, 2.45) is 0 Å². The number of hydrogen-bond acceptors (Lipinski definition) is 6. The molecule has 3 heterocycles. The molecular weight excluding hydrogens is 322 g/mol. The molecule has 1 aromatic carbocycles. The number of aryl methyl sites for hydroxylation is 1. The minimum absolute atomic E-state index is 0.000487. The Balaban J connectivity index is 1.57. The molecule has 0 fully saturated rings. The molecule has 4 aromatic rings. The van der Waals surface area contributed by atoms with E-state index in [1.165, 1.54) is 11.3 Å². The van der Waals surface area contributed by atoms with E-state index >= 15 is 0 Å². The number of thiophene rings is 1. The second-order valence-electron chi connectivity index (χ2n) is 5.50. The largest absolute Gasteiger partial charge is 0.368 e. The fraction of sp³-hybridized carbons (Fsp3) is 0.176. The molecular formula is C17H15N5OS. The van der Waals surface area contributed by atoms with E-state index in [0.29, 0.717) is 17.8 Å². The van der Waals surface area contributed by atoms with Gasteiger partial charge in [0.25, 0.3) is 5.56 Å². The summed E-state index contributed by atoms with van der Waals surface area (Å²) in [6.07, 6.45) is 3.15. The minimum atomic E-state index is 0.000487. The smallest absolute Gasteiger partial charge is 0.271 e. The number of nitrogens with one attached hydrogen (secondary N) is 1. The van der Waals surface area contributed by atoms with E-state index in [-0.39, 0.29) is 5.56 Å². The van der Waals surface area contributed by atoms with Gasteiger partial charge in [0, 0.05) is 18.5 Å². The predicted octanol–water partition coefficient (Wildman–Crippen LogP) is 2.82. The van der Waals surface area contributed by atoms with E-state index in [9.17, 15) is 4.79 Å². The monoisotopic (exact) mass is 337 g/mol. The van der Waals surface area contributed by atoms with Crippen molar-refractivity contribution in [3.8, 4) is 0 Å². The van der Waals surface area contributed by atoms with Crippen LogP contribution in [0.4, 0.5) is 5.82 Å². The molecule has 0 spiro atoms. The maximum absolute atomic E-state index is 12.4. The first-order valence-corrected chi connectivity index (χ1v) is 8.49. The molecule has 0 amide bonds. The fourth-order valence-corrected chi connectivity index (χ4v) is 3.54. The lowest BCUT2D eigenvalue weighted by Crippen LogP contribution is -2.23. The Morgan fingerprint density at radius 2 is 2.08 bits per heavy atom. The van der Waals surface area contributed by atoms with Crippen molar-refractivity contribution < 1.29 is 0 Å². The second kappa shape index (κ2) is 6.01. The molecule has 0 saturated carbocycles. The molecule has 24 heavy (non-hydrogen) atoms. The summed E-state index contributed by atoms with van der Waals surface area (Å²) in [7, 11) is 0. The van der Waals surface area contributed by atoms with Gasteiger partial charge in [0.2, 0.25) is 0 Å². The lowest BCUT2D eigenvalue weighted by molar-refractivity contribution is 0.689. The summed E-state index contributed by atoms with van der Waals surface area (Å²) in [6.45, 7) is 3.14. The second-order valence-corrected chi connectivity index (χ2v) is 6.41. The standard InChI is InChI=1S/C17H15N5OS/c1-11-3-2-4-12-14(11)16(20-9-19-12)18-6-7-22-10-21-13-5-8-24-15(13)17(22)23/h2-5,8-10H,6-7H2,1H3,(H,18,19,20). The topological polar surface area (TPSA) is 72.7 Å². The van der Waals surface area contributed by atoms with Gasteiger partial charge in [-0.05, 0) is 30.0 Å². The lowest BCUT2D eigenvalue weighted by Gasteiger charge is -2.11. The third kappa shape index (κ3) is 2.52. The number of fused-ring (bicyclic) bond motifs is 2. The van der Waals surface area contributed by atoms with Crippen molar-refractivity contribution in [1.29, 1.82) is 0 Å². The van der Waals surface area contributed by atoms with Crippen LogP contribution in [0.2, 0.25) is 0 Å². The van der Waals surface area contributed by atoms with Crippen LogP contribution in [0, 0.1) is 6.92 Å². The Morgan fingerprint density at radius 3 is 3.00 bits per heavy atom. The predicted molar refractivity (Wildman–Crippen MR) is 96.6 cm³/mol. The molecule has 7 heteroatoms. The molecule has 3 aromatic heterocycles. The summed E-state index contributed by atoms with van der Waals surface area (Å²) in [4.78, 5) is 25.3. The van der Waals surface area contributed by atoms with E-state index in [0.717, 1.165) is 27.8 Å². The molecule has 0 aliphatic heterocycles. The third-order valence-electron chi connectivity index (χ3n) is 3.95. The first kappa shape index (κ1) is 14.8. The summed E-state index contributed by atoms with van der Waals surface area (Å²) in [5.41, 5.74) is 2.79. The van der Waals surface area contributed by atoms with E-state index < -0.39 is 0 Å². The highest BCUT2D eigenvalue weighted by molar-refractivity contribution is 7.17. The molecule has 0 unspecified atom stereocenters. The average Bonchev–Trinajstić information content (AvgIpc) is 3.07. The van der Waals surface area contributed by atoms with Crippen molar-refractivity contribution in [2.75, 3.05) is 11.9 Å². The van der Waals surface area contributed by atoms with Crippen LogP contribution in [-0.2, 0) is 6.54 Å². The first-order valence-electron chi connectivity index (χ1n) is 7.61. The molecule has 0 aliphatic rings. The summed E-state index contributed by atoms with van der Waals surface area (Å²) in [5, 5.41) is 6.21. The zero-order chi connectivity index (χ0) is 16.5. The van der Waals surface area contributed by atoms with Crippen LogP contribution in [0.25, 0.3) is 21.1 Å². The third-order valence-corrected chi connectivity index (χ3v) is 4.84. The van der Waals surface area contributed by atoms with Crippen LogP contribution in [0.1, 0.15) is 5.56 Å². The highest BCUT2D eigenvalue weighted by Gasteiger charge is 2.07. The van der Waals surface area contributed by atoms with Crippen molar-refractivity contribution in [2.45, 2.75) is 13.5 Å². The summed E-state index contributed by atoms with van der Waals surface area (Å²) >= 11 is 1.42.